The summed E-state index contributed by atoms with van der Waals surface area (Å²) in [6, 6.07) is 0.483. The van der Waals surface area contributed by atoms with E-state index in [4.69, 9.17) is 0 Å². The van der Waals surface area contributed by atoms with Crippen LogP contribution in [-0.4, -0.2) is 25.1 Å². The first-order chi connectivity index (χ1) is 8.69. The number of hydrogen-bond donors (Lipinski definition) is 1. The van der Waals surface area contributed by atoms with Crippen molar-refractivity contribution in [2.24, 2.45) is 0 Å². The van der Waals surface area contributed by atoms with Gasteiger partial charge in [-0.2, -0.15) is 0 Å². The van der Waals surface area contributed by atoms with Gasteiger partial charge in [0.05, 0.1) is 30.6 Å². The highest BCUT2D eigenvalue weighted by Crippen LogP contribution is 2.04. The molecule has 0 saturated carbocycles. The van der Waals surface area contributed by atoms with Crippen LogP contribution in [0, 0.1) is 0 Å². The van der Waals surface area contributed by atoms with Gasteiger partial charge >= 0.3 is 0 Å². The second kappa shape index (κ2) is 5.82. The van der Waals surface area contributed by atoms with Crippen molar-refractivity contribution in [3.8, 4) is 0 Å². The van der Waals surface area contributed by atoms with Gasteiger partial charge in [0.25, 0.3) is 0 Å². The molecular formula is C13H21N5. The third-order valence-corrected chi connectivity index (χ3v) is 2.86. The van der Waals surface area contributed by atoms with Gasteiger partial charge in [0, 0.05) is 31.5 Å². The molecule has 0 aliphatic heterocycles. The molecule has 0 bridgehead atoms. The van der Waals surface area contributed by atoms with Crippen LogP contribution in [0.2, 0.25) is 0 Å². The van der Waals surface area contributed by atoms with Gasteiger partial charge in [-0.15, -0.1) is 0 Å². The standard InChI is InChI=1S/C13H21N5/c1-4-18-9-14-6-13(18)8-17-7-12(16-10-17)5-15-11(2)3/h6-7,9-11,15H,4-5,8H2,1-3H3. The second-order valence-corrected chi connectivity index (χ2v) is 4.74. The molecule has 1 N–H and O–H groups in total. The van der Waals surface area contributed by atoms with Gasteiger partial charge in [-0.1, -0.05) is 13.8 Å². The van der Waals surface area contributed by atoms with Gasteiger partial charge < -0.3 is 14.5 Å². The average molecular weight is 247 g/mol. The lowest BCUT2D eigenvalue weighted by Crippen LogP contribution is -2.21. The second-order valence-electron chi connectivity index (χ2n) is 4.74. The molecule has 2 heterocycles. The fourth-order valence-electron chi connectivity index (χ4n) is 1.84. The third-order valence-electron chi connectivity index (χ3n) is 2.86. The van der Waals surface area contributed by atoms with E-state index < -0.39 is 0 Å². The van der Waals surface area contributed by atoms with Crippen molar-refractivity contribution < 1.29 is 0 Å². The number of aryl methyl sites for hydroxylation is 1. The van der Waals surface area contributed by atoms with Crippen LogP contribution in [0.4, 0.5) is 0 Å². The van der Waals surface area contributed by atoms with Gasteiger partial charge in [0.15, 0.2) is 0 Å². The Morgan fingerprint density at radius 1 is 1.33 bits per heavy atom. The van der Waals surface area contributed by atoms with Crippen LogP contribution < -0.4 is 5.32 Å². The van der Waals surface area contributed by atoms with Gasteiger partial charge in [-0.25, -0.2) is 9.97 Å². The Hall–Kier alpha value is -1.62. The third kappa shape index (κ3) is 3.20. The molecule has 2 aromatic rings. The largest absolute Gasteiger partial charge is 0.333 e. The molecule has 5 heteroatoms. The Morgan fingerprint density at radius 3 is 2.89 bits per heavy atom. The zero-order chi connectivity index (χ0) is 13.0. The van der Waals surface area contributed by atoms with Crippen molar-refractivity contribution in [1.29, 1.82) is 0 Å². The summed E-state index contributed by atoms with van der Waals surface area (Å²) in [5, 5.41) is 3.36. The number of nitrogens with one attached hydrogen (secondary N) is 1. The van der Waals surface area contributed by atoms with Crippen molar-refractivity contribution in [3.05, 3.63) is 36.4 Å². The van der Waals surface area contributed by atoms with Crippen LogP contribution >= 0.6 is 0 Å². The molecule has 0 amide bonds. The van der Waals surface area contributed by atoms with Crippen molar-refractivity contribution in [2.45, 2.75) is 46.4 Å². The first-order valence-corrected chi connectivity index (χ1v) is 6.42. The number of rotatable bonds is 6. The molecule has 0 aromatic carbocycles. The van der Waals surface area contributed by atoms with E-state index in [0.717, 1.165) is 25.3 Å². The molecule has 0 spiro atoms. The van der Waals surface area contributed by atoms with E-state index in [0.29, 0.717) is 6.04 Å². The highest BCUT2D eigenvalue weighted by atomic mass is 15.1. The molecule has 0 saturated heterocycles. The predicted molar refractivity (Wildman–Crippen MR) is 71.2 cm³/mol. The predicted octanol–water partition coefficient (Wildman–Crippen LogP) is 1.65. The van der Waals surface area contributed by atoms with E-state index in [1.54, 1.807) is 0 Å². The monoisotopic (exact) mass is 247 g/mol. The highest BCUT2D eigenvalue weighted by Gasteiger charge is 2.04. The molecule has 0 aliphatic carbocycles. The maximum atomic E-state index is 4.39. The maximum Gasteiger partial charge on any atom is 0.0953 e. The lowest BCUT2D eigenvalue weighted by molar-refractivity contribution is 0.582. The smallest absolute Gasteiger partial charge is 0.0953 e. The Morgan fingerprint density at radius 2 is 2.17 bits per heavy atom. The number of hydrogen-bond acceptors (Lipinski definition) is 3. The van der Waals surface area contributed by atoms with Gasteiger partial charge in [0.1, 0.15) is 0 Å². The van der Waals surface area contributed by atoms with E-state index in [2.05, 4.69) is 51.4 Å². The number of aromatic nitrogens is 4. The van der Waals surface area contributed by atoms with Crippen molar-refractivity contribution >= 4 is 0 Å². The van der Waals surface area contributed by atoms with Crippen LogP contribution in [0.1, 0.15) is 32.2 Å². The topological polar surface area (TPSA) is 47.7 Å². The summed E-state index contributed by atoms with van der Waals surface area (Å²) >= 11 is 0. The van der Waals surface area contributed by atoms with Crippen LogP contribution in [0.3, 0.4) is 0 Å². The van der Waals surface area contributed by atoms with E-state index in [-0.39, 0.29) is 0 Å². The molecular weight excluding hydrogens is 226 g/mol. The van der Waals surface area contributed by atoms with Crippen LogP contribution in [0.25, 0.3) is 0 Å². The highest BCUT2D eigenvalue weighted by molar-refractivity contribution is 5.03. The van der Waals surface area contributed by atoms with Gasteiger partial charge in [-0.05, 0) is 6.92 Å². The first kappa shape index (κ1) is 12.8. The van der Waals surface area contributed by atoms with E-state index in [1.807, 2.05) is 18.9 Å². The Balaban J connectivity index is 1.98. The zero-order valence-electron chi connectivity index (χ0n) is 11.3. The molecule has 0 unspecified atom stereocenters. The maximum absolute atomic E-state index is 4.39. The quantitative estimate of drug-likeness (QED) is 0.844. The SMILES string of the molecule is CCn1cncc1Cn1cnc(CNC(C)C)c1. The lowest BCUT2D eigenvalue weighted by Gasteiger charge is -2.06. The Labute approximate surface area is 108 Å². The van der Waals surface area contributed by atoms with Gasteiger partial charge in [0.2, 0.25) is 0 Å². The summed E-state index contributed by atoms with van der Waals surface area (Å²) in [4.78, 5) is 8.57. The van der Waals surface area contributed by atoms with Crippen molar-refractivity contribution in [1.82, 2.24) is 24.4 Å². The molecule has 0 atom stereocenters. The van der Waals surface area contributed by atoms with Crippen LogP contribution in [0.15, 0.2) is 25.0 Å². The molecule has 2 rings (SSSR count). The van der Waals surface area contributed by atoms with Crippen molar-refractivity contribution in [2.75, 3.05) is 0 Å². The average Bonchev–Trinajstić information content (AvgIpc) is 2.96. The summed E-state index contributed by atoms with van der Waals surface area (Å²) in [6.07, 6.45) is 7.75. The molecule has 0 fully saturated rings. The van der Waals surface area contributed by atoms with E-state index >= 15 is 0 Å². The van der Waals surface area contributed by atoms with E-state index in [9.17, 15) is 0 Å². The summed E-state index contributed by atoms with van der Waals surface area (Å²) in [5.74, 6) is 0. The van der Waals surface area contributed by atoms with Crippen LogP contribution in [0.5, 0.6) is 0 Å². The minimum Gasteiger partial charge on any atom is -0.333 e. The summed E-state index contributed by atoms with van der Waals surface area (Å²) < 4.78 is 4.24. The minimum atomic E-state index is 0.483. The Kier molecular flexibility index (Phi) is 4.15. The number of imidazole rings is 2. The normalized spacial score (nSPS) is 11.3. The molecule has 2 aromatic heterocycles. The van der Waals surface area contributed by atoms with E-state index in [1.165, 1.54) is 5.69 Å². The fraction of sp³-hybridized carbons (Fsp3) is 0.538. The molecule has 98 valence electrons. The summed E-state index contributed by atoms with van der Waals surface area (Å²) in [6.45, 7) is 8.98. The van der Waals surface area contributed by atoms with Crippen molar-refractivity contribution in [3.63, 3.8) is 0 Å². The first-order valence-electron chi connectivity index (χ1n) is 6.42. The molecule has 5 nitrogen and oxygen atoms in total. The Bertz CT molecular complexity index is 483. The fourth-order valence-corrected chi connectivity index (χ4v) is 1.84. The summed E-state index contributed by atoms with van der Waals surface area (Å²) in [7, 11) is 0. The summed E-state index contributed by atoms with van der Waals surface area (Å²) in [5.41, 5.74) is 2.28. The molecule has 0 aliphatic rings. The number of nitrogens with zero attached hydrogens (tertiary/aromatic N) is 4. The van der Waals surface area contributed by atoms with Gasteiger partial charge in [-0.3, -0.25) is 0 Å². The lowest BCUT2D eigenvalue weighted by atomic mass is 10.3. The molecule has 18 heavy (non-hydrogen) atoms. The van der Waals surface area contributed by atoms with Crippen LogP contribution in [-0.2, 0) is 19.6 Å². The minimum absolute atomic E-state index is 0.483. The molecule has 0 radical (unpaired) electrons. The zero-order valence-corrected chi connectivity index (χ0v) is 11.3.